The van der Waals surface area contributed by atoms with Gasteiger partial charge in [-0.1, -0.05) is 17.7 Å². The smallest absolute Gasteiger partial charge is 0.243 e. The molecule has 110 valence electrons. The molecule has 2 N–H and O–H groups in total. The third-order valence-electron chi connectivity index (χ3n) is 3.31. The molecule has 1 fully saturated rings. The van der Waals surface area contributed by atoms with E-state index in [0.29, 0.717) is 12.8 Å². The van der Waals surface area contributed by atoms with Gasteiger partial charge in [0.2, 0.25) is 11.8 Å². The molecule has 2 aromatic heterocycles. The van der Waals surface area contributed by atoms with Crippen molar-refractivity contribution in [2.75, 3.05) is 0 Å². The summed E-state index contributed by atoms with van der Waals surface area (Å²) in [6, 6.07) is 7.39. The molecule has 1 aliphatic heterocycles. The summed E-state index contributed by atoms with van der Waals surface area (Å²) in [5.74, 6) is -0.458. The van der Waals surface area contributed by atoms with Crippen molar-refractivity contribution < 1.29 is 9.59 Å². The molecular formula is C14H13ClN2O2S2. The monoisotopic (exact) mass is 340 g/mol. The minimum atomic E-state index is -0.365. The van der Waals surface area contributed by atoms with Crippen molar-refractivity contribution in [3.8, 4) is 0 Å². The molecule has 1 aliphatic rings. The van der Waals surface area contributed by atoms with Crippen LogP contribution >= 0.6 is 34.3 Å². The fourth-order valence-electron chi connectivity index (χ4n) is 2.30. The van der Waals surface area contributed by atoms with Gasteiger partial charge in [0.1, 0.15) is 0 Å². The standard InChI is InChI=1S/C14H13ClN2O2S2/c15-11-5-4-10(21-11)13(9-2-1-7-20-9)16-8-3-6-12(18)17-14(8)19/h1-2,4-5,7-8,13,16H,3,6H2,(H,17,18,19). The summed E-state index contributed by atoms with van der Waals surface area (Å²) in [5.41, 5.74) is 0. The highest BCUT2D eigenvalue weighted by Gasteiger charge is 2.30. The van der Waals surface area contributed by atoms with Gasteiger partial charge in [0.15, 0.2) is 0 Å². The Morgan fingerprint density at radius 1 is 1.29 bits per heavy atom. The Hall–Kier alpha value is -1.21. The van der Waals surface area contributed by atoms with Gasteiger partial charge in [-0.2, -0.15) is 0 Å². The van der Waals surface area contributed by atoms with Crippen molar-refractivity contribution in [1.82, 2.24) is 10.6 Å². The van der Waals surface area contributed by atoms with Crippen LogP contribution in [0.4, 0.5) is 0 Å². The molecule has 2 aromatic rings. The Bertz CT molecular complexity index is 654. The summed E-state index contributed by atoms with van der Waals surface area (Å²) in [6.07, 6.45) is 0.886. The molecule has 0 radical (unpaired) electrons. The van der Waals surface area contributed by atoms with E-state index in [1.54, 1.807) is 11.3 Å². The van der Waals surface area contributed by atoms with E-state index in [2.05, 4.69) is 10.6 Å². The number of imide groups is 1. The number of carbonyl (C=O) groups excluding carboxylic acids is 2. The number of thiophene rings is 2. The zero-order chi connectivity index (χ0) is 14.8. The van der Waals surface area contributed by atoms with Gasteiger partial charge in [0.25, 0.3) is 0 Å². The summed E-state index contributed by atoms with van der Waals surface area (Å²) >= 11 is 9.15. The lowest BCUT2D eigenvalue weighted by molar-refractivity contribution is -0.134. The second-order valence-electron chi connectivity index (χ2n) is 4.76. The van der Waals surface area contributed by atoms with Crippen LogP contribution in [0.5, 0.6) is 0 Å². The number of rotatable bonds is 4. The Kier molecular flexibility index (Phi) is 4.40. The fourth-order valence-corrected chi connectivity index (χ4v) is 4.31. The Morgan fingerprint density at radius 2 is 2.14 bits per heavy atom. The number of hydrogen-bond donors (Lipinski definition) is 2. The molecular weight excluding hydrogens is 328 g/mol. The van der Waals surface area contributed by atoms with Gasteiger partial charge in [0, 0.05) is 16.2 Å². The molecule has 2 amide bonds. The van der Waals surface area contributed by atoms with E-state index >= 15 is 0 Å². The van der Waals surface area contributed by atoms with Gasteiger partial charge in [-0.3, -0.25) is 20.2 Å². The van der Waals surface area contributed by atoms with E-state index in [1.807, 2.05) is 29.6 Å². The first-order valence-electron chi connectivity index (χ1n) is 6.52. The number of nitrogens with one attached hydrogen (secondary N) is 2. The van der Waals surface area contributed by atoms with Gasteiger partial charge in [-0.25, -0.2) is 0 Å². The Labute approximate surface area is 135 Å². The van der Waals surface area contributed by atoms with E-state index in [4.69, 9.17) is 11.6 Å². The molecule has 21 heavy (non-hydrogen) atoms. The third kappa shape index (κ3) is 3.35. The molecule has 2 unspecified atom stereocenters. The molecule has 0 aromatic carbocycles. The first-order chi connectivity index (χ1) is 10.1. The van der Waals surface area contributed by atoms with E-state index in [1.165, 1.54) is 11.3 Å². The van der Waals surface area contributed by atoms with Crippen LogP contribution in [0.3, 0.4) is 0 Å². The number of hydrogen-bond acceptors (Lipinski definition) is 5. The summed E-state index contributed by atoms with van der Waals surface area (Å²) in [4.78, 5) is 25.4. The Balaban J connectivity index is 1.83. The van der Waals surface area contributed by atoms with Crippen LogP contribution in [0.15, 0.2) is 29.6 Å². The molecule has 0 aliphatic carbocycles. The topological polar surface area (TPSA) is 58.2 Å². The maximum absolute atomic E-state index is 11.9. The maximum atomic E-state index is 11.9. The van der Waals surface area contributed by atoms with E-state index in [-0.39, 0.29) is 23.9 Å². The van der Waals surface area contributed by atoms with Gasteiger partial charge in [-0.15, -0.1) is 22.7 Å². The lowest BCUT2D eigenvalue weighted by Crippen LogP contribution is -2.51. The number of halogens is 1. The molecule has 3 heterocycles. The Morgan fingerprint density at radius 3 is 2.76 bits per heavy atom. The average Bonchev–Trinajstić information content (AvgIpc) is 3.09. The summed E-state index contributed by atoms with van der Waals surface area (Å²) < 4.78 is 0.719. The predicted molar refractivity (Wildman–Crippen MR) is 84.8 cm³/mol. The van der Waals surface area contributed by atoms with E-state index in [9.17, 15) is 9.59 Å². The minimum Gasteiger partial charge on any atom is -0.295 e. The molecule has 0 saturated carbocycles. The zero-order valence-electron chi connectivity index (χ0n) is 11.0. The van der Waals surface area contributed by atoms with Crippen LogP contribution in [0, 0.1) is 0 Å². The number of carbonyl (C=O) groups is 2. The van der Waals surface area contributed by atoms with Crippen LogP contribution in [0.2, 0.25) is 4.34 Å². The van der Waals surface area contributed by atoms with Gasteiger partial charge < -0.3 is 0 Å². The maximum Gasteiger partial charge on any atom is 0.243 e. The van der Waals surface area contributed by atoms with E-state index < -0.39 is 0 Å². The van der Waals surface area contributed by atoms with Crippen LogP contribution in [-0.2, 0) is 9.59 Å². The van der Waals surface area contributed by atoms with Gasteiger partial charge in [0.05, 0.1) is 16.4 Å². The number of amides is 2. The predicted octanol–water partition coefficient (Wildman–Crippen LogP) is 2.95. The normalized spacial score (nSPS) is 20.3. The number of piperidine rings is 1. The third-order valence-corrected chi connectivity index (χ3v) is 5.55. The van der Waals surface area contributed by atoms with Gasteiger partial charge in [-0.05, 0) is 30.0 Å². The van der Waals surface area contributed by atoms with Crippen LogP contribution in [0.1, 0.15) is 28.6 Å². The SMILES string of the molecule is O=C1CCC(NC(c2cccs2)c2ccc(Cl)s2)C(=O)N1. The van der Waals surface area contributed by atoms with Gasteiger partial charge >= 0.3 is 0 Å². The summed E-state index contributed by atoms with van der Waals surface area (Å²) in [5, 5.41) is 7.74. The minimum absolute atomic E-state index is 0.0774. The van der Waals surface area contributed by atoms with Crippen molar-refractivity contribution >= 4 is 46.1 Å². The average molecular weight is 341 g/mol. The molecule has 7 heteroatoms. The summed E-state index contributed by atoms with van der Waals surface area (Å²) in [7, 11) is 0. The van der Waals surface area contributed by atoms with E-state index in [0.717, 1.165) is 14.1 Å². The first kappa shape index (κ1) is 14.7. The quantitative estimate of drug-likeness (QED) is 0.841. The highest BCUT2D eigenvalue weighted by molar-refractivity contribution is 7.16. The second kappa shape index (κ2) is 6.27. The van der Waals surface area contributed by atoms with Crippen molar-refractivity contribution in [1.29, 1.82) is 0 Å². The van der Waals surface area contributed by atoms with Crippen molar-refractivity contribution in [2.24, 2.45) is 0 Å². The lowest BCUT2D eigenvalue weighted by atomic mass is 10.0. The molecule has 1 saturated heterocycles. The van der Waals surface area contributed by atoms with Crippen LogP contribution in [-0.4, -0.2) is 17.9 Å². The van der Waals surface area contributed by atoms with Crippen LogP contribution in [0.25, 0.3) is 0 Å². The molecule has 4 nitrogen and oxygen atoms in total. The van der Waals surface area contributed by atoms with Crippen molar-refractivity contribution in [3.63, 3.8) is 0 Å². The fraction of sp³-hybridized carbons (Fsp3) is 0.286. The zero-order valence-corrected chi connectivity index (χ0v) is 13.4. The largest absolute Gasteiger partial charge is 0.295 e. The van der Waals surface area contributed by atoms with Crippen LogP contribution < -0.4 is 10.6 Å². The van der Waals surface area contributed by atoms with Crippen molar-refractivity contribution in [3.05, 3.63) is 43.7 Å². The first-order valence-corrected chi connectivity index (χ1v) is 8.59. The second-order valence-corrected chi connectivity index (χ2v) is 7.49. The highest BCUT2D eigenvalue weighted by atomic mass is 35.5. The molecule has 0 bridgehead atoms. The molecule has 3 rings (SSSR count). The lowest BCUT2D eigenvalue weighted by Gasteiger charge is -2.26. The highest BCUT2D eigenvalue weighted by Crippen LogP contribution is 2.33. The summed E-state index contributed by atoms with van der Waals surface area (Å²) in [6.45, 7) is 0. The van der Waals surface area contributed by atoms with Crippen molar-refractivity contribution in [2.45, 2.75) is 24.9 Å². The molecule has 0 spiro atoms. The molecule has 2 atom stereocenters.